The van der Waals surface area contributed by atoms with E-state index < -0.39 is 0 Å². The first kappa shape index (κ1) is 22.0. The molecule has 6 atom stereocenters. The van der Waals surface area contributed by atoms with Crippen LogP contribution in [0.4, 0.5) is 0 Å². The lowest BCUT2D eigenvalue weighted by Crippen LogP contribution is -2.44. The van der Waals surface area contributed by atoms with Gasteiger partial charge in [0.1, 0.15) is 5.75 Å². The molecule has 4 aliphatic rings. The predicted molar refractivity (Wildman–Crippen MR) is 126 cm³/mol. The van der Waals surface area contributed by atoms with Crippen LogP contribution in [-0.2, 0) is 20.7 Å². The van der Waals surface area contributed by atoms with Gasteiger partial charge in [-0.15, -0.1) is 0 Å². The van der Waals surface area contributed by atoms with Crippen LogP contribution in [-0.4, -0.2) is 32.9 Å². The lowest BCUT2D eigenvalue weighted by Gasteiger charge is -2.51. The van der Waals surface area contributed by atoms with Gasteiger partial charge in [0.05, 0.1) is 25.4 Å². The van der Waals surface area contributed by atoms with Crippen LogP contribution < -0.4 is 4.74 Å². The van der Waals surface area contributed by atoms with Crippen LogP contribution in [0.1, 0.15) is 93.9 Å². The largest absolute Gasteiger partial charge is 0.496 e. The molecule has 0 spiro atoms. The van der Waals surface area contributed by atoms with Crippen molar-refractivity contribution in [2.45, 2.75) is 84.2 Å². The van der Waals surface area contributed by atoms with Gasteiger partial charge in [0.15, 0.2) is 0 Å². The number of hydrogen-bond donors (Lipinski definition) is 0. The Hall–Kier alpha value is -1.81. The minimum absolute atomic E-state index is 0.212. The SMILES string of the molecule is CCOC(=O)C1=C(C)C(C)c2c1c(OC)cc1c2C2CCC3(C)C(OC)CCC3C2CC1. The van der Waals surface area contributed by atoms with Gasteiger partial charge in [-0.25, -0.2) is 4.79 Å². The van der Waals surface area contributed by atoms with Gasteiger partial charge in [-0.1, -0.05) is 19.4 Å². The number of fused-ring (bicyclic) bond motifs is 7. The average Bonchev–Trinajstić information content (AvgIpc) is 3.26. The molecule has 6 unspecified atom stereocenters. The fourth-order valence-electron chi connectivity index (χ4n) is 8.07. The first-order chi connectivity index (χ1) is 15.4. The Balaban J connectivity index is 1.63. The lowest BCUT2D eigenvalue weighted by molar-refractivity contribution is -0.136. The second-order valence-corrected chi connectivity index (χ2v) is 10.7. The van der Waals surface area contributed by atoms with Gasteiger partial charge >= 0.3 is 5.97 Å². The zero-order valence-electron chi connectivity index (χ0n) is 20.5. The van der Waals surface area contributed by atoms with Gasteiger partial charge in [-0.3, -0.25) is 0 Å². The van der Waals surface area contributed by atoms with Crippen LogP contribution in [0.5, 0.6) is 5.75 Å². The summed E-state index contributed by atoms with van der Waals surface area (Å²) in [4.78, 5) is 13.0. The van der Waals surface area contributed by atoms with Crippen molar-refractivity contribution in [3.05, 3.63) is 33.9 Å². The molecule has 4 nitrogen and oxygen atoms in total. The van der Waals surface area contributed by atoms with Crippen molar-refractivity contribution in [2.24, 2.45) is 17.3 Å². The molecule has 0 saturated heterocycles. The van der Waals surface area contributed by atoms with Crippen molar-refractivity contribution in [1.29, 1.82) is 0 Å². The minimum Gasteiger partial charge on any atom is -0.496 e. The molecule has 0 N–H and O–H groups in total. The number of ether oxygens (including phenoxy) is 3. The van der Waals surface area contributed by atoms with Gasteiger partial charge in [-0.05, 0) is 98.3 Å². The highest BCUT2D eigenvalue weighted by Crippen LogP contribution is 2.63. The van der Waals surface area contributed by atoms with Crippen molar-refractivity contribution >= 4 is 11.5 Å². The zero-order valence-corrected chi connectivity index (χ0v) is 20.5. The number of allylic oxidation sites excluding steroid dienone is 1. The third-order valence-electron chi connectivity index (χ3n) is 9.64. The number of rotatable bonds is 4. The smallest absolute Gasteiger partial charge is 0.338 e. The van der Waals surface area contributed by atoms with E-state index in [1.807, 2.05) is 14.0 Å². The molecule has 0 radical (unpaired) electrons. The highest BCUT2D eigenvalue weighted by Gasteiger charge is 2.56. The maximum Gasteiger partial charge on any atom is 0.338 e. The summed E-state index contributed by atoms with van der Waals surface area (Å²) >= 11 is 0. The molecule has 2 saturated carbocycles. The molecule has 0 aliphatic heterocycles. The van der Waals surface area contributed by atoms with Crippen molar-refractivity contribution in [2.75, 3.05) is 20.8 Å². The number of methoxy groups -OCH3 is 2. The monoisotopic (exact) mass is 438 g/mol. The summed E-state index contributed by atoms with van der Waals surface area (Å²) in [6, 6.07) is 2.23. The molecule has 1 aromatic carbocycles. The summed E-state index contributed by atoms with van der Waals surface area (Å²) in [5.41, 5.74) is 7.48. The lowest BCUT2D eigenvalue weighted by atomic mass is 9.54. The Bertz CT molecular complexity index is 976. The summed E-state index contributed by atoms with van der Waals surface area (Å²) < 4.78 is 17.3. The molecule has 0 bridgehead atoms. The number of aryl methyl sites for hydroxylation is 1. The van der Waals surface area contributed by atoms with Crippen molar-refractivity contribution in [3.63, 3.8) is 0 Å². The van der Waals surface area contributed by atoms with Crippen LogP contribution in [0, 0.1) is 17.3 Å². The molecule has 5 rings (SSSR count). The van der Waals surface area contributed by atoms with Crippen molar-refractivity contribution < 1.29 is 19.0 Å². The van der Waals surface area contributed by atoms with Gasteiger partial charge in [-0.2, -0.15) is 0 Å². The standard InChI is InChI=1S/C28H38O4/c1-7-32-27(29)24-16(3)15(2)23-25-17(14-21(30-5)26(23)24)8-9-18-19(25)12-13-28(4)20(18)10-11-22(28)31-6/h14-15,18-20,22H,7-13H2,1-6H3. The highest BCUT2D eigenvalue weighted by atomic mass is 16.5. The number of carbonyl (C=O) groups excluding carboxylic acids is 1. The fourth-order valence-corrected chi connectivity index (χ4v) is 8.07. The molecule has 2 fully saturated rings. The number of esters is 1. The molecule has 1 aromatic rings. The summed E-state index contributed by atoms with van der Waals surface area (Å²) in [5, 5.41) is 0. The van der Waals surface area contributed by atoms with Crippen LogP contribution in [0.15, 0.2) is 11.6 Å². The predicted octanol–water partition coefficient (Wildman–Crippen LogP) is 6.02. The third kappa shape index (κ3) is 2.87. The van der Waals surface area contributed by atoms with E-state index in [0.717, 1.165) is 34.8 Å². The third-order valence-corrected chi connectivity index (χ3v) is 9.64. The van der Waals surface area contributed by atoms with E-state index in [4.69, 9.17) is 14.2 Å². The zero-order chi connectivity index (χ0) is 22.8. The van der Waals surface area contributed by atoms with Crippen LogP contribution in [0.2, 0.25) is 0 Å². The Morgan fingerprint density at radius 1 is 1.16 bits per heavy atom. The van der Waals surface area contributed by atoms with E-state index in [-0.39, 0.29) is 11.9 Å². The second-order valence-electron chi connectivity index (χ2n) is 10.7. The van der Waals surface area contributed by atoms with Crippen LogP contribution in [0.3, 0.4) is 0 Å². The summed E-state index contributed by atoms with van der Waals surface area (Å²) in [5.74, 6) is 2.85. The first-order valence-corrected chi connectivity index (χ1v) is 12.5. The highest BCUT2D eigenvalue weighted by molar-refractivity contribution is 6.20. The first-order valence-electron chi connectivity index (χ1n) is 12.5. The Morgan fingerprint density at radius 3 is 2.62 bits per heavy atom. The summed E-state index contributed by atoms with van der Waals surface area (Å²) in [6.45, 7) is 9.10. The molecular formula is C28H38O4. The second kappa shape index (κ2) is 7.90. The normalized spacial score (nSPS) is 35.1. The quantitative estimate of drug-likeness (QED) is 0.539. The van der Waals surface area contributed by atoms with Crippen molar-refractivity contribution in [1.82, 2.24) is 0 Å². The van der Waals surface area contributed by atoms with Crippen LogP contribution in [0.25, 0.3) is 5.57 Å². The van der Waals surface area contributed by atoms with E-state index in [0.29, 0.717) is 30.0 Å². The van der Waals surface area contributed by atoms with Gasteiger partial charge in [0.25, 0.3) is 0 Å². The number of carbonyl (C=O) groups is 1. The van der Waals surface area contributed by atoms with E-state index >= 15 is 0 Å². The van der Waals surface area contributed by atoms with Crippen molar-refractivity contribution in [3.8, 4) is 5.75 Å². The van der Waals surface area contributed by atoms with Crippen LogP contribution >= 0.6 is 0 Å². The average molecular weight is 439 g/mol. The van der Waals surface area contributed by atoms with E-state index in [1.165, 1.54) is 48.8 Å². The molecule has 4 heteroatoms. The van der Waals surface area contributed by atoms with Gasteiger partial charge in [0, 0.05) is 18.6 Å². The summed E-state index contributed by atoms with van der Waals surface area (Å²) in [6.07, 6.45) is 7.66. The topological polar surface area (TPSA) is 44.8 Å². The molecule has 0 heterocycles. The fraction of sp³-hybridized carbons (Fsp3) is 0.679. The van der Waals surface area contributed by atoms with E-state index in [1.54, 1.807) is 7.11 Å². The Labute approximate surface area is 192 Å². The number of hydrogen-bond acceptors (Lipinski definition) is 4. The molecular weight excluding hydrogens is 400 g/mol. The van der Waals surface area contributed by atoms with E-state index in [9.17, 15) is 4.79 Å². The Morgan fingerprint density at radius 2 is 1.94 bits per heavy atom. The minimum atomic E-state index is -0.212. The summed E-state index contributed by atoms with van der Waals surface area (Å²) in [7, 11) is 3.62. The number of benzene rings is 1. The molecule has 4 aliphatic carbocycles. The molecule has 174 valence electrons. The Kier molecular flexibility index (Phi) is 5.43. The maximum absolute atomic E-state index is 13.0. The molecule has 32 heavy (non-hydrogen) atoms. The molecule has 0 amide bonds. The van der Waals surface area contributed by atoms with E-state index in [2.05, 4.69) is 26.8 Å². The van der Waals surface area contributed by atoms with Gasteiger partial charge < -0.3 is 14.2 Å². The van der Waals surface area contributed by atoms with Gasteiger partial charge in [0.2, 0.25) is 0 Å². The maximum atomic E-state index is 13.0. The molecule has 0 aromatic heterocycles.